The summed E-state index contributed by atoms with van der Waals surface area (Å²) in [6, 6.07) is 0. The summed E-state index contributed by atoms with van der Waals surface area (Å²) < 4.78 is 0. The predicted molar refractivity (Wildman–Crippen MR) is 113 cm³/mol. The highest BCUT2D eigenvalue weighted by molar-refractivity contribution is 5.59. The van der Waals surface area contributed by atoms with Gasteiger partial charge in [-0.2, -0.15) is 0 Å². The Balaban J connectivity index is 0.00000117. The smallest absolute Gasteiger partial charge is 0.126 e. The van der Waals surface area contributed by atoms with E-state index in [1.54, 1.807) is 0 Å². The zero-order valence-corrected chi connectivity index (χ0v) is 18.7. The van der Waals surface area contributed by atoms with E-state index >= 15 is 0 Å². The van der Waals surface area contributed by atoms with Crippen LogP contribution in [0.4, 0.5) is 0 Å². The Morgan fingerprint density at radius 1 is 1.00 bits per heavy atom. The zero-order valence-electron chi connectivity index (χ0n) is 18.7. The fourth-order valence-electron chi connectivity index (χ4n) is 7.37. The second kappa shape index (κ2) is 9.24. The van der Waals surface area contributed by atoms with Crippen LogP contribution >= 0.6 is 0 Å². The quantitative estimate of drug-likeness (QED) is 0.458. The Morgan fingerprint density at radius 3 is 2.35 bits per heavy atom. The van der Waals surface area contributed by atoms with Gasteiger partial charge in [-0.15, -0.1) is 0 Å². The van der Waals surface area contributed by atoms with Gasteiger partial charge in [0, 0.05) is 5.41 Å². The molecule has 7 unspecified atom stereocenters. The Labute approximate surface area is 164 Å². The van der Waals surface area contributed by atoms with Crippen LogP contribution in [0.1, 0.15) is 112 Å². The SMILES string of the molecule is CC.CCCCC1CCC2(C)C(CCC3C(CC)C(C)(C=O)CCC32)C1. The fraction of sp³-hybridized carbons (Fsp3) is 0.960. The first-order chi connectivity index (χ1) is 12.5. The molecule has 0 bridgehead atoms. The van der Waals surface area contributed by atoms with Gasteiger partial charge in [-0.3, -0.25) is 0 Å². The van der Waals surface area contributed by atoms with E-state index in [1.807, 2.05) is 13.8 Å². The summed E-state index contributed by atoms with van der Waals surface area (Å²) in [5, 5.41) is 0. The molecule has 0 aromatic heterocycles. The molecule has 0 aromatic carbocycles. The summed E-state index contributed by atoms with van der Waals surface area (Å²) in [4.78, 5) is 11.8. The van der Waals surface area contributed by atoms with Gasteiger partial charge in [0.15, 0.2) is 0 Å². The minimum atomic E-state index is -0.0442. The van der Waals surface area contributed by atoms with Crippen LogP contribution in [-0.4, -0.2) is 6.29 Å². The van der Waals surface area contributed by atoms with Crippen LogP contribution in [0.25, 0.3) is 0 Å². The molecule has 0 N–H and O–H groups in total. The second-order valence-electron chi connectivity index (χ2n) is 10.0. The van der Waals surface area contributed by atoms with E-state index in [-0.39, 0.29) is 5.41 Å². The maximum absolute atomic E-state index is 11.8. The van der Waals surface area contributed by atoms with E-state index in [0.717, 1.165) is 30.1 Å². The predicted octanol–water partition coefficient (Wildman–Crippen LogP) is 7.68. The van der Waals surface area contributed by atoms with Crippen LogP contribution in [0.3, 0.4) is 0 Å². The van der Waals surface area contributed by atoms with E-state index in [1.165, 1.54) is 70.5 Å². The third-order valence-corrected chi connectivity index (χ3v) is 8.89. The van der Waals surface area contributed by atoms with Gasteiger partial charge in [0.2, 0.25) is 0 Å². The molecule has 1 nitrogen and oxygen atoms in total. The van der Waals surface area contributed by atoms with Crippen LogP contribution in [-0.2, 0) is 4.79 Å². The second-order valence-corrected chi connectivity index (χ2v) is 10.0. The lowest BCUT2D eigenvalue weighted by Crippen LogP contribution is -2.54. The van der Waals surface area contributed by atoms with E-state index in [0.29, 0.717) is 11.3 Å². The number of carbonyl (C=O) groups is 1. The van der Waals surface area contributed by atoms with Crippen molar-refractivity contribution in [1.82, 2.24) is 0 Å². The number of unbranched alkanes of at least 4 members (excludes halogenated alkanes) is 1. The first kappa shape index (κ1) is 22.0. The van der Waals surface area contributed by atoms with Crippen LogP contribution in [0.2, 0.25) is 0 Å². The van der Waals surface area contributed by atoms with Crippen molar-refractivity contribution in [3.05, 3.63) is 0 Å². The van der Waals surface area contributed by atoms with Gasteiger partial charge in [0.25, 0.3) is 0 Å². The van der Waals surface area contributed by atoms with Crippen LogP contribution in [0, 0.1) is 40.4 Å². The Morgan fingerprint density at radius 2 is 1.73 bits per heavy atom. The first-order valence-electron chi connectivity index (χ1n) is 11.9. The van der Waals surface area contributed by atoms with E-state index < -0.39 is 0 Å². The van der Waals surface area contributed by atoms with Gasteiger partial charge in [0.05, 0.1) is 0 Å². The summed E-state index contributed by atoms with van der Waals surface area (Å²) in [5.41, 5.74) is 0.528. The zero-order chi connectivity index (χ0) is 19.4. The molecule has 0 radical (unpaired) electrons. The minimum absolute atomic E-state index is 0.0442. The fourth-order valence-corrected chi connectivity index (χ4v) is 7.37. The maximum Gasteiger partial charge on any atom is 0.126 e. The lowest BCUT2D eigenvalue weighted by molar-refractivity contribution is -0.140. The lowest BCUT2D eigenvalue weighted by Gasteiger charge is -2.61. The third-order valence-electron chi connectivity index (χ3n) is 8.89. The molecule has 26 heavy (non-hydrogen) atoms. The Bertz CT molecular complexity index is 443. The molecule has 3 saturated carbocycles. The number of rotatable bonds is 5. The topological polar surface area (TPSA) is 17.1 Å². The molecule has 3 aliphatic rings. The highest BCUT2D eigenvalue weighted by Gasteiger charge is 2.56. The number of fused-ring (bicyclic) bond motifs is 3. The van der Waals surface area contributed by atoms with Gasteiger partial charge in [-0.1, -0.05) is 67.2 Å². The molecule has 0 spiro atoms. The number of hydrogen-bond acceptors (Lipinski definition) is 1. The summed E-state index contributed by atoms with van der Waals surface area (Å²) in [7, 11) is 0. The van der Waals surface area contributed by atoms with E-state index in [2.05, 4.69) is 27.7 Å². The largest absolute Gasteiger partial charge is 0.303 e. The standard InChI is InChI=1S/C23H40O.C2H6/c1-5-7-8-17-11-14-23(4)18(15-17)9-10-19-20(6-2)22(3,16-24)13-12-21(19)23;1-2/h16-21H,5-15H2,1-4H3;1-2H3. The van der Waals surface area contributed by atoms with Crippen molar-refractivity contribution >= 4 is 6.29 Å². The summed E-state index contributed by atoms with van der Waals surface area (Å²) in [6.45, 7) is 13.5. The summed E-state index contributed by atoms with van der Waals surface area (Å²) in [6.07, 6.45) is 16.5. The molecule has 0 amide bonds. The number of aldehydes is 1. The van der Waals surface area contributed by atoms with Gasteiger partial charge < -0.3 is 4.79 Å². The van der Waals surface area contributed by atoms with Crippen LogP contribution in [0.15, 0.2) is 0 Å². The number of hydrogen-bond donors (Lipinski definition) is 0. The molecule has 1 heteroatoms. The monoisotopic (exact) mass is 362 g/mol. The Hall–Kier alpha value is -0.330. The average Bonchev–Trinajstić information content (AvgIpc) is 2.67. The van der Waals surface area contributed by atoms with Crippen molar-refractivity contribution in [3.8, 4) is 0 Å². The van der Waals surface area contributed by atoms with Gasteiger partial charge >= 0.3 is 0 Å². The van der Waals surface area contributed by atoms with E-state index in [4.69, 9.17) is 0 Å². The average molecular weight is 363 g/mol. The molecule has 7 atom stereocenters. The van der Waals surface area contributed by atoms with Crippen molar-refractivity contribution < 1.29 is 4.79 Å². The van der Waals surface area contributed by atoms with Gasteiger partial charge in [-0.05, 0) is 80.0 Å². The lowest BCUT2D eigenvalue weighted by atomic mass is 9.44. The molecule has 152 valence electrons. The highest BCUT2D eigenvalue weighted by Crippen LogP contribution is 2.63. The molecule has 0 saturated heterocycles. The molecule has 0 heterocycles. The molecular weight excluding hydrogens is 316 g/mol. The van der Waals surface area contributed by atoms with Gasteiger partial charge in [0.1, 0.15) is 6.29 Å². The van der Waals surface area contributed by atoms with E-state index in [9.17, 15) is 4.79 Å². The molecular formula is C25H46O. The van der Waals surface area contributed by atoms with Crippen LogP contribution in [0.5, 0.6) is 0 Å². The van der Waals surface area contributed by atoms with Crippen molar-refractivity contribution in [1.29, 1.82) is 0 Å². The van der Waals surface area contributed by atoms with Crippen molar-refractivity contribution in [3.63, 3.8) is 0 Å². The molecule has 0 aliphatic heterocycles. The molecule has 0 aromatic rings. The third kappa shape index (κ3) is 3.93. The maximum atomic E-state index is 11.8. The molecule has 3 rings (SSSR count). The highest BCUT2D eigenvalue weighted by atomic mass is 16.1. The first-order valence-corrected chi connectivity index (χ1v) is 11.9. The Kier molecular flexibility index (Phi) is 7.81. The normalized spacial score (nSPS) is 44.9. The minimum Gasteiger partial charge on any atom is -0.303 e. The summed E-state index contributed by atoms with van der Waals surface area (Å²) >= 11 is 0. The van der Waals surface area contributed by atoms with Crippen LogP contribution < -0.4 is 0 Å². The molecule has 3 fully saturated rings. The van der Waals surface area contributed by atoms with Crippen molar-refractivity contribution in [2.24, 2.45) is 40.4 Å². The number of carbonyl (C=O) groups excluding carboxylic acids is 1. The summed E-state index contributed by atoms with van der Waals surface area (Å²) in [5.74, 6) is 4.30. The van der Waals surface area contributed by atoms with Crippen molar-refractivity contribution in [2.45, 2.75) is 112 Å². The van der Waals surface area contributed by atoms with Gasteiger partial charge in [-0.25, -0.2) is 0 Å². The molecule has 3 aliphatic carbocycles. The van der Waals surface area contributed by atoms with Crippen molar-refractivity contribution in [2.75, 3.05) is 0 Å².